The lowest BCUT2D eigenvalue weighted by atomic mass is 9.78. The van der Waals surface area contributed by atoms with Gasteiger partial charge in [-0.3, -0.25) is 4.99 Å². The highest BCUT2D eigenvalue weighted by atomic mass is 127. The van der Waals surface area contributed by atoms with Crippen molar-refractivity contribution in [3.05, 3.63) is 29.8 Å². The van der Waals surface area contributed by atoms with Gasteiger partial charge in [-0.1, -0.05) is 44.9 Å². The van der Waals surface area contributed by atoms with Crippen molar-refractivity contribution in [2.75, 3.05) is 20.2 Å². The van der Waals surface area contributed by atoms with Crippen molar-refractivity contribution in [3.63, 3.8) is 0 Å². The Kier molecular flexibility index (Phi) is 8.16. The van der Waals surface area contributed by atoms with E-state index in [1.165, 1.54) is 18.4 Å². The summed E-state index contributed by atoms with van der Waals surface area (Å²) in [6.45, 7) is 5.91. The number of benzene rings is 1. The van der Waals surface area contributed by atoms with Crippen molar-refractivity contribution in [3.8, 4) is 5.75 Å². The topological polar surface area (TPSA) is 59.6 Å². The molecule has 1 aromatic carbocycles. The first-order chi connectivity index (χ1) is 10.6. The molecular weight excluding hydrogens is 401 g/mol. The van der Waals surface area contributed by atoms with Crippen LogP contribution in [0.25, 0.3) is 0 Å². The van der Waals surface area contributed by atoms with Crippen LogP contribution >= 0.6 is 24.0 Å². The van der Waals surface area contributed by atoms with E-state index in [1.54, 1.807) is 7.11 Å². The van der Waals surface area contributed by atoms with Gasteiger partial charge in [0, 0.05) is 17.5 Å². The summed E-state index contributed by atoms with van der Waals surface area (Å²) in [6, 6.07) is 8.33. The maximum atomic E-state index is 6.02. The van der Waals surface area contributed by atoms with Gasteiger partial charge in [-0.15, -0.1) is 24.0 Å². The largest absolute Gasteiger partial charge is 0.496 e. The first-order valence-electron chi connectivity index (χ1n) is 8.25. The number of methoxy groups -OCH3 is 1. The van der Waals surface area contributed by atoms with Crippen LogP contribution in [-0.4, -0.2) is 26.2 Å². The Morgan fingerprint density at radius 1 is 1.30 bits per heavy atom. The molecule has 0 atom stereocenters. The van der Waals surface area contributed by atoms with Gasteiger partial charge < -0.3 is 15.8 Å². The van der Waals surface area contributed by atoms with Gasteiger partial charge in [0.2, 0.25) is 0 Å². The maximum absolute atomic E-state index is 6.02. The van der Waals surface area contributed by atoms with Crippen molar-refractivity contribution in [1.82, 2.24) is 5.32 Å². The van der Waals surface area contributed by atoms with E-state index < -0.39 is 0 Å². The van der Waals surface area contributed by atoms with Crippen molar-refractivity contribution < 1.29 is 4.74 Å². The number of nitrogens with zero attached hydrogens (tertiary/aromatic N) is 1. The van der Waals surface area contributed by atoms with Gasteiger partial charge >= 0.3 is 0 Å². The summed E-state index contributed by atoms with van der Waals surface area (Å²) in [7, 11) is 1.74. The third-order valence-corrected chi connectivity index (χ3v) is 4.48. The molecule has 130 valence electrons. The summed E-state index contributed by atoms with van der Waals surface area (Å²) in [5, 5.41) is 3.20. The number of aliphatic imine (C=N–C) groups is 1. The molecule has 4 nitrogen and oxygen atoms in total. The molecule has 0 aliphatic heterocycles. The van der Waals surface area contributed by atoms with Crippen LogP contribution in [0.2, 0.25) is 0 Å². The smallest absolute Gasteiger partial charge is 0.188 e. The molecule has 0 unspecified atom stereocenters. The average Bonchev–Trinajstić information content (AvgIpc) is 3.01. The van der Waals surface area contributed by atoms with E-state index in [2.05, 4.69) is 36.3 Å². The number of hydrogen-bond donors (Lipinski definition) is 2. The van der Waals surface area contributed by atoms with Crippen LogP contribution in [0.4, 0.5) is 0 Å². The fourth-order valence-electron chi connectivity index (χ4n) is 3.25. The molecule has 0 aromatic heterocycles. The lowest BCUT2D eigenvalue weighted by Gasteiger charge is -2.29. The van der Waals surface area contributed by atoms with E-state index in [4.69, 9.17) is 10.5 Å². The second-order valence-electron chi connectivity index (χ2n) is 6.66. The zero-order chi connectivity index (χ0) is 16.0. The first-order valence-corrected chi connectivity index (χ1v) is 8.25. The molecule has 1 aliphatic carbocycles. The average molecular weight is 431 g/mol. The Bertz CT molecular complexity index is 511. The van der Waals surface area contributed by atoms with Gasteiger partial charge in [0.25, 0.3) is 0 Å². The van der Waals surface area contributed by atoms with Gasteiger partial charge in [-0.05, 0) is 24.8 Å². The summed E-state index contributed by atoms with van der Waals surface area (Å²) in [5.74, 6) is 2.08. The van der Waals surface area contributed by atoms with Gasteiger partial charge in [0.05, 0.1) is 13.7 Å². The van der Waals surface area contributed by atoms with Gasteiger partial charge in [0.1, 0.15) is 5.75 Å². The number of rotatable bonds is 6. The normalized spacial score (nSPS) is 17.0. The van der Waals surface area contributed by atoms with Crippen LogP contribution in [0.15, 0.2) is 29.3 Å². The number of hydrogen-bond acceptors (Lipinski definition) is 2. The highest BCUT2D eigenvalue weighted by molar-refractivity contribution is 14.0. The van der Waals surface area contributed by atoms with Crippen molar-refractivity contribution >= 4 is 29.9 Å². The van der Waals surface area contributed by atoms with Crippen LogP contribution < -0.4 is 15.8 Å². The first kappa shape index (κ1) is 20.1. The third kappa shape index (κ3) is 5.26. The van der Waals surface area contributed by atoms with Crippen molar-refractivity contribution in [1.29, 1.82) is 0 Å². The number of para-hydroxylation sites is 1. The number of halogens is 1. The fourth-order valence-corrected chi connectivity index (χ4v) is 3.25. The Morgan fingerprint density at radius 2 is 1.96 bits per heavy atom. The highest BCUT2D eigenvalue weighted by Crippen LogP contribution is 2.44. The molecule has 0 saturated heterocycles. The molecule has 1 aliphatic rings. The maximum Gasteiger partial charge on any atom is 0.188 e. The molecule has 1 aromatic rings. The molecule has 0 amide bonds. The van der Waals surface area contributed by atoms with Crippen LogP contribution in [0, 0.1) is 5.92 Å². The van der Waals surface area contributed by atoms with Crippen molar-refractivity contribution in [2.45, 2.75) is 44.9 Å². The summed E-state index contributed by atoms with van der Waals surface area (Å²) in [4.78, 5) is 4.63. The molecule has 0 radical (unpaired) electrons. The second-order valence-corrected chi connectivity index (χ2v) is 6.66. The van der Waals surface area contributed by atoms with Gasteiger partial charge in [0.15, 0.2) is 5.96 Å². The number of nitrogens with one attached hydrogen (secondary N) is 1. The SMILES string of the molecule is COc1ccccc1C1(CN=C(N)NCC(C)C)CCCC1.I. The number of ether oxygens (including phenoxy) is 1. The molecule has 23 heavy (non-hydrogen) atoms. The Balaban J connectivity index is 0.00000264. The molecule has 1 fully saturated rings. The zero-order valence-corrected chi connectivity index (χ0v) is 16.8. The Labute approximate surface area is 157 Å². The van der Waals surface area contributed by atoms with Crippen LogP contribution in [-0.2, 0) is 5.41 Å². The summed E-state index contributed by atoms with van der Waals surface area (Å²) in [6.07, 6.45) is 4.78. The van der Waals surface area contributed by atoms with E-state index in [9.17, 15) is 0 Å². The van der Waals surface area contributed by atoms with Crippen molar-refractivity contribution in [2.24, 2.45) is 16.6 Å². The number of nitrogens with two attached hydrogens (primary N) is 1. The van der Waals surface area contributed by atoms with Gasteiger partial charge in [-0.25, -0.2) is 0 Å². The molecule has 3 N–H and O–H groups in total. The number of guanidine groups is 1. The Morgan fingerprint density at radius 3 is 2.57 bits per heavy atom. The standard InChI is InChI=1S/C18H29N3O.HI/c1-14(2)12-20-17(19)21-13-18(10-6-7-11-18)15-8-4-5-9-16(15)22-3;/h4-5,8-9,14H,6-7,10-13H2,1-3H3,(H3,19,20,21);1H. The summed E-state index contributed by atoms with van der Waals surface area (Å²) >= 11 is 0. The van der Waals surface area contributed by atoms with E-state index in [0.29, 0.717) is 11.9 Å². The quantitative estimate of drug-likeness (QED) is 0.411. The molecule has 5 heteroatoms. The predicted octanol–water partition coefficient (Wildman–Crippen LogP) is 3.69. The second kappa shape index (κ2) is 9.35. The fraction of sp³-hybridized carbons (Fsp3) is 0.611. The molecule has 0 spiro atoms. The lowest BCUT2D eigenvalue weighted by molar-refractivity contribution is 0.378. The van der Waals surface area contributed by atoms with Crippen LogP contribution in [0.3, 0.4) is 0 Å². The molecule has 0 heterocycles. The molecular formula is C18H30IN3O. The molecule has 1 saturated carbocycles. The minimum absolute atomic E-state index is 0. The zero-order valence-electron chi connectivity index (χ0n) is 14.5. The van der Waals surface area contributed by atoms with E-state index in [1.807, 2.05) is 12.1 Å². The van der Waals surface area contributed by atoms with Crippen LogP contribution in [0.5, 0.6) is 5.75 Å². The van der Waals surface area contributed by atoms with E-state index in [0.717, 1.165) is 31.7 Å². The summed E-state index contributed by atoms with van der Waals surface area (Å²) < 4.78 is 5.57. The monoisotopic (exact) mass is 431 g/mol. The highest BCUT2D eigenvalue weighted by Gasteiger charge is 2.37. The van der Waals surface area contributed by atoms with Gasteiger partial charge in [-0.2, -0.15) is 0 Å². The van der Waals surface area contributed by atoms with E-state index >= 15 is 0 Å². The Hall–Kier alpha value is -0.980. The predicted molar refractivity (Wildman–Crippen MR) is 108 cm³/mol. The molecule has 0 bridgehead atoms. The van der Waals surface area contributed by atoms with Crippen LogP contribution in [0.1, 0.15) is 45.1 Å². The minimum atomic E-state index is 0. The third-order valence-electron chi connectivity index (χ3n) is 4.48. The molecule has 2 rings (SSSR count). The summed E-state index contributed by atoms with van der Waals surface area (Å²) in [5.41, 5.74) is 7.35. The lowest BCUT2D eigenvalue weighted by Crippen LogP contribution is -2.36. The van der Waals surface area contributed by atoms with E-state index in [-0.39, 0.29) is 29.4 Å². The minimum Gasteiger partial charge on any atom is -0.496 e.